The van der Waals surface area contributed by atoms with Gasteiger partial charge in [-0.2, -0.15) is 0 Å². The molecule has 1 N–H and O–H groups in total. The Morgan fingerprint density at radius 1 is 1.21 bits per heavy atom. The first kappa shape index (κ1) is 24.8. The molecule has 34 heavy (non-hydrogen) atoms. The third-order valence-corrected chi connectivity index (χ3v) is 8.38. The van der Waals surface area contributed by atoms with E-state index in [0.717, 1.165) is 18.4 Å². The molecule has 6 nitrogen and oxygen atoms in total. The smallest absolute Gasteiger partial charge is 0.225 e. The molecule has 6 heteroatoms. The van der Waals surface area contributed by atoms with E-state index < -0.39 is 17.1 Å². The lowest BCUT2D eigenvalue weighted by atomic mass is 9.58. The van der Waals surface area contributed by atoms with Crippen LogP contribution in [-0.2, 0) is 23.9 Å². The highest BCUT2D eigenvalue weighted by Crippen LogP contribution is 2.57. The second-order valence-corrected chi connectivity index (χ2v) is 11.2. The summed E-state index contributed by atoms with van der Waals surface area (Å²) in [5, 5.41) is 10.5. The predicted molar refractivity (Wildman–Crippen MR) is 128 cm³/mol. The van der Waals surface area contributed by atoms with E-state index in [1.54, 1.807) is 40.7 Å². The van der Waals surface area contributed by atoms with Gasteiger partial charge < -0.3 is 14.6 Å². The van der Waals surface area contributed by atoms with Crippen molar-refractivity contribution in [3.8, 4) is 0 Å². The molecule has 1 saturated heterocycles. The summed E-state index contributed by atoms with van der Waals surface area (Å²) in [6, 6.07) is 0. The molecule has 0 aromatic carbocycles. The van der Waals surface area contributed by atoms with Crippen molar-refractivity contribution in [2.75, 3.05) is 0 Å². The lowest BCUT2D eigenvalue weighted by Gasteiger charge is -2.57. The Morgan fingerprint density at radius 2 is 1.88 bits per heavy atom. The van der Waals surface area contributed by atoms with Crippen LogP contribution in [0.1, 0.15) is 74.1 Å². The first-order chi connectivity index (χ1) is 15.7. The SMILES string of the molecule is CC=C(C)C(=O)C(C)C1=CC(=O)C2=C(OC3(C)CCC4OC(C(C)(C)O)CCC4(C)C3=C2)C1=O. The quantitative estimate of drug-likeness (QED) is 0.488. The standard InChI is InChI=1S/C28H36O6/c1-8-15(2)23(30)16(3)17-13-19(29)18-14-20-27(6)11-9-21(26(4,5)32)33-22(27)10-12-28(20,7)34-25(18)24(17)31/h8,13-14,16,21-22,32H,9-12H2,1-7H3. The van der Waals surface area contributed by atoms with Gasteiger partial charge in [-0.3, -0.25) is 14.4 Å². The van der Waals surface area contributed by atoms with E-state index in [1.165, 1.54) is 6.08 Å². The number of carbonyl (C=O) groups is 3. The molecule has 0 bridgehead atoms. The second-order valence-electron chi connectivity index (χ2n) is 11.2. The average molecular weight is 469 g/mol. The first-order valence-electron chi connectivity index (χ1n) is 12.2. The maximum atomic E-state index is 13.4. The molecule has 5 atom stereocenters. The van der Waals surface area contributed by atoms with E-state index in [0.29, 0.717) is 18.4 Å². The molecule has 0 spiro atoms. The van der Waals surface area contributed by atoms with E-state index >= 15 is 0 Å². The minimum atomic E-state index is -0.929. The zero-order valence-corrected chi connectivity index (χ0v) is 21.3. The summed E-state index contributed by atoms with van der Waals surface area (Å²) < 4.78 is 12.8. The zero-order chi connectivity index (χ0) is 25.2. The van der Waals surface area contributed by atoms with Gasteiger partial charge in [0.15, 0.2) is 17.3 Å². The van der Waals surface area contributed by atoms with Crippen molar-refractivity contribution in [2.24, 2.45) is 11.3 Å². The number of rotatable bonds is 4. The summed E-state index contributed by atoms with van der Waals surface area (Å²) >= 11 is 0. The Bertz CT molecular complexity index is 1080. The number of ketones is 3. The first-order valence-corrected chi connectivity index (χ1v) is 12.2. The summed E-state index contributed by atoms with van der Waals surface area (Å²) in [6.07, 6.45) is 7.33. The molecule has 2 heterocycles. The van der Waals surface area contributed by atoms with Crippen LogP contribution < -0.4 is 0 Å². The number of carbonyl (C=O) groups excluding carboxylic acids is 3. The summed E-state index contributed by atoms with van der Waals surface area (Å²) in [7, 11) is 0. The van der Waals surface area contributed by atoms with Gasteiger partial charge in [-0.05, 0) is 83.6 Å². The van der Waals surface area contributed by atoms with Gasteiger partial charge in [-0.1, -0.05) is 19.9 Å². The summed E-state index contributed by atoms with van der Waals surface area (Å²) in [4.78, 5) is 39.3. The summed E-state index contributed by atoms with van der Waals surface area (Å²) in [5.74, 6) is -1.54. The normalized spacial score (nSPS) is 34.9. The Labute approximate surface area is 201 Å². The molecule has 0 aromatic heterocycles. The monoisotopic (exact) mass is 468 g/mol. The Hall–Kier alpha value is -2.31. The van der Waals surface area contributed by atoms with E-state index in [4.69, 9.17) is 9.47 Å². The molecule has 2 fully saturated rings. The average Bonchev–Trinajstić information content (AvgIpc) is 2.77. The van der Waals surface area contributed by atoms with Crippen molar-refractivity contribution < 1.29 is 29.0 Å². The fraction of sp³-hybridized carbons (Fsp3) is 0.607. The number of fused-ring (bicyclic) bond motifs is 3. The maximum absolute atomic E-state index is 13.4. The van der Waals surface area contributed by atoms with Crippen LogP contribution in [0.15, 0.2) is 46.3 Å². The van der Waals surface area contributed by atoms with Gasteiger partial charge in [0.1, 0.15) is 5.60 Å². The van der Waals surface area contributed by atoms with Gasteiger partial charge in [0, 0.05) is 16.9 Å². The summed E-state index contributed by atoms with van der Waals surface area (Å²) in [6.45, 7) is 12.8. The van der Waals surface area contributed by atoms with E-state index in [1.807, 2.05) is 13.0 Å². The van der Waals surface area contributed by atoms with Gasteiger partial charge in [0.05, 0.1) is 23.4 Å². The number of hydrogen-bond donors (Lipinski definition) is 1. The van der Waals surface area contributed by atoms with Crippen molar-refractivity contribution in [1.29, 1.82) is 0 Å². The molecular weight excluding hydrogens is 432 g/mol. The van der Waals surface area contributed by atoms with Gasteiger partial charge in [-0.25, -0.2) is 0 Å². The molecule has 5 unspecified atom stereocenters. The number of Topliss-reactive ketones (excluding diaryl/α,β-unsaturated/α-hetero) is 2. The lowest BCUT2D eigenvalue weighted by molar-refractivity contribution is -0.196. The number of allylic oxidation sites excluding steroid dienone is 6. The van der Waals surface area contributed by atoms with Crippen molar-refractivity contribution in [2.45, 2.75) is 97.6 Å². The predicted octanol–water partition coefficient (Wildman–Crippen LogP) is 4.32. The van der Waals surface area contributed by atoms with E-state index in [-0.39, 0.29) is 51.9 Å². The Morgan fingerprint density at radius 3 is 2.50 bits per heavy atom. The number of hydrogen-bond acceptors (Lipinski definition) is 6. The highest BCUT2D eigenvalue weighted by Gasteiger charge is 2.57. The maximum Gasteiger partial charge on any atom is 0.225 e. The van der Waals surface area contributed by atoms with Crippen molar-refractivity contribution >= 4 is 17.3 Å². The molecule has 4 aliphatic rings. The van der Waals surface area contributed by atoms with Crippen LogP contribution in [0, 0.1) is 11.3 Å². The Kier molecular flexibility index (Phi) is 5.93. The van der Waals surface area contributed by atoms with Gasteiger partial charge in [0.2, 0.25) is 5.78 Å². The molecule has 184 valence electrons. The molecule has 2 aliphatic carbocycles. The molecule has 1 saturated carbocycles. The van der Waals surface area contributed by atoms with E-state index in [2.05, 4.69) is 6.92 Å². The third kappa shape index (κ3) is 3.75. The van der Waals surface area contributed by atoms with Crippen molar-refractivity contribution in [1.82, 2.24) is 0 Å². The zero-order valence-electron chi connectivity index (χ0n) is 21.3. The Balaban J connectivity index is 1.70. The highest BCUT2D eigenvalue weighted by atomic mass is 16.5. The van der Waals surface area contributed by atoms with Crippen LogP contribution in [0.5, 0.6) is 0 Å². The fourth-order valence-corrected chi connectivity index (χ4v) is 6.00. The van der Waals surface area contributed by atoms with Crippen molar-refractivity contribution in [3.63, 3.8) is 0 Å². The third-order valence-electron chi connectivity index (χ3n) is 8.38. The number of aliphatic hydroxyl groups is 1. The summed E-state index contributed by atoms with van der Waals surface area (Å²) in [5.41, 5.74) is -0.0652. The molecule has 0 amide bonds. The fourth-order valence-electron chi connectivity index (χ4n) is 6.00. The van der Waals surface area contributed by atoms with Crippen LogP contribution in [0.4, 0.5) is 0 Å². The van der Waals surface area contributed by atoms with Gasteiger partial charge >= 0.3 is 0 Å². The minimum Gasteiger partial charge on any atom is -0.478 e. The van der Waals surface area contributed by atoms with Crippen LogP contribution in [-0.4, -0.2) is 45.9 Å². The second kappa shape index (κ2) is 8.13. The molecule has 0 aromatic rings. The van der Waals surface area contributed by atoms with Gasteiger partial charge in [-0.15, -0.1) is 0 Å². The molecular formula is C28H36O6. The van der Waals surface area contributed by atoms with E-state index in [9.17, 15) is 19.5 Å². The lowest BCUT2D eigenvalue weighted by Crippen LogP contribution is -2.58. The molecule has 2 aliphatic heterocycles. The van der Waals surface area contributed by atoms with Crippen LogP contribution in [0.3, 0.4) is 0 Å². The molecule has 4 rings (SSSR count). The largest absolute Gasteiger partial charge is 0.478 e. The van der Waals surface area contributed by atoms with Crippen LogP contribution in [0.25, 0.3) is 0 Å². The van der Waals surface area contributed by atoms with Gasteiger partial charge in [0.25, 0.3) is 0 Å². The van der Waals surface area contributed by atoms with Crippen LogP contribution in [0.2, 0.25) is 0 Å². The van der Waals surface area contributed by atoms with Crippen LogP contribution >= 0.6 is 0 Å². The minimum absolute atomic E-state index is 0.0553. The number of ether oxygens (including phenoxy) is 2. The van der Waals surface area contributed by atoms with Crippen molar-refractivity contribution in [3.05, 3.63) is 46.3 Å². The topological polar surface area (TPSA) is 89.9 Å². The molecule has 0 radical (unpaired) electrons. The highest BCUT2D eigenvalue weighted by molar-refractivity contribution is 6.25.